The van der Waals surface area contributed by atoms with E-state index in [1.807, 2.05) is 0 Å². The van der Waals surface area contributed by atoms with Gasteiger partial charge in [0.1, 0.15) is 0 Å². The normalized spacial score (nSPS) is 33.4. The van der Waals surface area contributed by atoms with Gasteiger partial charge in [-0.25, -0.2) is 7.98 Å². The highest BCUT2D eigenvalue weighted by Gasteiger charge is 2.26. The molecule has 0 fully saturated rings. The summed E-state index contributed by atoms with van der Waals surface area (Å²) >= 11 is 0. The first kappa shape index (κ1) is 7.87. The molecular formula is C10H13BN. The number of quaternary nitrogens is 1. The number of fused-ring (bicyclic) bond motifs is 1. The Morgan fingerprint density at radius 1 is 1.42 bits per heavy atom. The Morgan fingerprint density at radius 2 is 2.08 bits per heavy atom. The molecular weight excluding hydrogens is 145 g/mol. The average molecular weight is 158 g/mol. The smallest absolute Gasteiger partial charge is 0.0660 e. The number of hydrogen-bond donors (Lipinski definition) is 0. The fourth-order valence-electron chi connectivity index (χ4n) is 1.91. The molecule has 1 aliphatic heterocycles. The lowest BCUT2D eigenvalue weighted by molar-refractivity contribution is -0.833. The van der Waals surface area contributed by atoms with E-state index in [2.05, 4.69) is 38.2 Å². The predicted octanol–water partition coefficient (Wildman–Crippen LogP) is 1.79. The molecule has 61 valence electrons. The highest BCUT2D eigenvalue weighted by atomic mass is 15.3. The largest absolute Gasteiger partial charge is 0.581 e. The van der Waals surface area contributed by atoms with Crippen LogP contribution < -0.4 is 0 Å². The van der Waals surface area contributed by atoms with Crippen molar-refractivity contribution in [2.24, 2.45) is 0 Å². The maximum absolute atomic E-state index is 6.11. The number of hydrogen-bond acceptors (Lipinski definition) is 0. The number of rotatable bonds is 0. The average Bonchev–Trinajstić information content (AvgIpc) is 2.24. The summed E-state index contributed by atoms with van der Waals surface area (Å²) in [4.78, 5) is 0. The van der Waals surface area contributed by atoms with Crippen LogP contribution in [0.3, 0.4) is 0 Å². The third-order valence-corrected chi connectivity index (χ3v) is 2.90. The van der Waals surface area contributed by atoms with E-state index in [0.29, 0.717) is 10.4 Å². The van der Waals surface area contributed by atoms with Gasteiger partial charge in [0.15, 0.2) is 0 Å². The lowest BCUT2D eigenvalue weighted by Crippen LogP contribution is -2.37. The summed E-state index contributed by atoms with van der Waals surface area (Å²) in [6.07, 6.45) is 0. The molecule has 0 saturated carbocycles. The number of nitrogens with zero attached hydrogens (tertiary/aromatic N) is 1. The van der Waals surface area contributed by atoms with Gasteiger partial charge in [-0.15, -0.1) is 0 Å². The van der Waals surface area contributed by atoms with E-state index in [1.54, 1.807) is 0 Å². The zero-order valence-corrected chi connectivity index (χ0v) is 7.62. The molecule has 2 heteroatoms. The maximum atomic E-state index is 6.11. The van der Waals surface area contributed by atoms with Gasteiger partial charge in [0.2, 0.25) is 0 Å². The molecule has 1 aliphatic rings. The van der Waals surface area contributed by atoms with Crippen molar-refractivity contribution < 1.29 is 4.39 Å². The lowest BCUT2D eigenvalue weighted by atomic mass is 10.1. The fraction of sp³-hybridized carbons (Fsp3) is 0.400. The monoisotopic (exact) mass is 158 g/mol. The molecule has 12 heavy (non-hydrogen) atoms. The Morgan fingerprint density at radius 3 is 2.75 bits per heavy atom. The van der Waals surface area contributed by atoms with Crippen LogP contribution in [0.1, 0.15) is 24.1 Å². The molecule has 2 rings (SSSR count). The summed E-state index contributed by atoms with van der Waals surface area (Å²) in [5.41, 5.74) is 2.80. The summed E-state index contributed by atoms with van der Waals surface area (Å²) < 4.78 is 0.597. The summed E-state index contributed by atoms with van der Waals surface area (Å²) in [6.45, 7) is 3.14. The molecule has 0 unspecified atom stereocenters. The second-order valence-corrected chi connectivity index (χ2v) is 3.88. The third-order valence-electron chi connectivity index (χ3n) is 2.90. The molecule has 1 heterocycles. The Kier molecular flexibility index (Phi) is 1.55. The zero-order chi connectivity index (χ0) is 8.77. The van der Waals surface area contributed by atoms with E-state index in [1.165, 1.54) is 11.1 Å². The molecule has 0 N–H and O–H groups in total. The van der Waals surface area contributed by atoms with Crippen LogP contribution in [0.15, 0.2) is 24.3 Å². The minimum atomic E-state index is 0.432. The minimum Gasteiger partial charge on any atom is -0.581 e. The molecule has 0 saturated heterocycles. The van der Waals surface area contributed by atoms with Crippen molar-refractivity contribution >= 4 is 7.98 Å². The van der Waals surface area contributed by atoms with Crippen LogP contribution in [0.4, 0.5) is 0 Å². The highest BCUT2D eigenvalue weighted by molar-refractivity contribution is 5.97. The van der Waals surface area contributed by atoms with E-state index < -0.39 is 0 Å². The zero-order valence-electron chi connectivity index (χ0n) is 7.62. The van der Waals surface area contributed by atoms with Crippen LogP contribution in [0.25, 0.3) is 0 Å². The van der Waals surface area contributed by atoms with Gasteiger partial charge in [-0.1, -0.05) is 24.3 Å². The van der Waals surface area contributed by atoms with Crippen molar-refractivity contribution in [2.45, 2.75) is 19.5 Å². The van der Waals surface area contributed by atoms with E-state index >= 15 is 0 Å². The predicted molar refractivity (Wildman–Crippen MR) is 50.5 cm³/mol. The number of benzene rings is 1. The maximum Gasteiger partial charge on any atom is 0.0660 e. The highest BCUT2D eigenvalue weighted by Crippen LogP contribution is 2.35. The lowest BCUT2D eigenvalue weighted by Gasteiger charge is -2.46. The van der Waals surface area contributed by atoms with Gasteiger partial charge in [-0.2, -0.15) is 0 Å². The van der Waals surface area contributed by atoms with Crippen molar-refractivity contribution in [3.05, 3.63) is 35.4 Å². The van der Waals surface area contributed by atoms with Gasteiger partial charge >= 0.3 is 0 Å². The van der Waals surface area contributed by atoms with Gasteiger partial charge in [0.05, 0.1) is 12.6 Å². The van der Waals surface area contributed by atoms with Crippen LogP contribution in [0, 0.1) is 0 Å². The summed E-state index contributed by atoms with van der Waals surface area (Å²) in [5, 5.41) is 0. The molecule has 2 atom stereocenters. The molecule has 1 nitrogen and oxygen atoms in total. The molecule has 0 aliphatic carbocycles. The molecule has 0 aromatic heterocycles. The SMILES string of the molecule is [B-][N@+]1(C)Cc2ccccc2[C@H]1C. The first-order valence-electron chi connectivity index (χ1n) is 4.33. The summed E-state index contributed by atoms with van der Waals surface area (Å²) in [6, 6.07) is 8.94. The molecule has 3 radical (unpaired) electrons. The summed E-state index contributed by atoms with van der Waals surface area (Å²) in [7, 11) is 8.18. The van der Waals surface area contributed by atoms with Crippen LogP contribution in [0.2, 0.25) is 0 Å². The van der Waals surface area contributed by atoms with Crippen molar-refractivity contribution in [3.8, 4) is 0 Å². The van der Waals surface area contributed by atoms with E-state index in [0.717, 1.165) is 6.54 Å². The van der Waals surface area contributed by atoms with Crippen molar-refractivity contribution in [1.29, 1.82) is 0 Å². The van der Waals surface area contributed by atoms with Crippen molar-refractivity contribution in [1.82, 2.24) is 0 Å². The Labute approximate surface area is 75.0 Å². The Bertz CT molecular complexity index is 306. The van der Waals surface area contributed by atoms with E-state index in [9.17, 15) is 0 Å². The molecule has 1 aromatic carbocycles. The van der Waals surface area contributed by atoms with Gasteiger partial charge in [-0.05, 0) is 6.92 Å². The third kappa shape index (κ3) is 0.986. The van der Waals surface area contributed by atoms with Gasteiger partial charge in [0, 0.05) is 18.2 Å². The Balaban J connectivity index is 2.49. The quantitative estimate of drug-likeness (QED) is 0.505. The van der Waals surface area contributed by atoms with Crippen LogP contribution in [0.5, 0.6) is 0 Å². The fourth-order valence-corrected chi connectivity index (χ4v) is 1.91. The van der Waals surface area contributed by atoms with Crippen LogP contribution in [-0.4, -0.2) is 19.4 Å². The Hall–Kier alpha value is -0.755. The van der Waals surface area contributed by atoms with Crippen LogP contribution in [-0.2, 0) is 6.54 Å². The molecule has 0 spiro atoms. The summed E-state index contributed by atoms with van der Waals surface area (Å²) in [5.74, 6) is 0. The van der Waals surface area contributed by atoms with Crippen molar-refractivity contribution in [2.75, 3.05) is 7.05 Å². The van der Waals surface area contributed by atoms with Crippen LogP contribution >= 0.6 is 0 Å². The van der Waals surface area contributed by atoms with E-state index in [-0.39, 0.29) is 0 Å². The minimum absolute atomic E-state index is 0.432. The standard InChI is InChI=1S/C10H13BN/c1-8-10-6-4-3-5-9(10)7-12(8,2)11/h3-6,8H,7H2,1-2H3/t8-,12-/m1/s1. The van der Waals surface area contributed by atoms with Crippen molar-refractivity contribution in [3.63, 3.8) is 0 Å². The second kappa shape index (κ2) is 2.36. The van der Waals surface area contributed by atoms with Gasteiger partial charge < -0.3 is 4.39 Å². The molecule has 0 bridgehead atoms. The molecule has 0 amide bonds. The molecule has 1 aromatic rings. The van der Waals surface area contributed by atoms with Gasteiger partial charge in [0.25, 0.3) is 0 Å². The van der Waals surface area contributed by atoms with Gasteiger partial charge in [-0.3, -0.25) is 0 Å². The topological polar surface area (TPSA) is 0 Å². The first-order chi connectivity index (χ1) is 5.61. The van der Waals surface area contributed by atoms with E-state index in [4.69, 9.17) is 7.98 Å². The first-order valence-corrected chi connectivity index (χ1v) is 4.33. The second-order valence-electron chi connectivity index (χ2n) is 3.88.